The summed E-state index contributed by atoms with van der Waals surface area (Å²) in [6.07, 6.45) is -0.154. The van der Waals surface area contributed by atoms with Gasteiger partial charge in [0.25, 0.3) is 0 Å². The van der Waals surface area contributed by atoms with E-state index in [1.165, 1.54) is 0 Å². The standard InChI is InChI=1S/C34H49F3N4O5Si/c1-32(2,3)46-31(42)33(22-43-4)16-14-24(15-17-33)21-45-28-13-12-27(20-39-28)25-8-10-26(11-9-25)29(41-30(38)34(35,36)37)40-23-44-18-19-47(5,6)7/h8-13,20,24H,14-19,21-23H2,1-7H3,(H2,38,40,41). The van der Waals surface area contributed by atoms with Crippen molar-refractivity contribution in [1.82, 2.24) is 4.98 Å². The Kier molecular flexibility index (Phi) is 13.2. The Bertz CT molecular complexity index is 1360. The number of carbonyl (C=O) groups is 1. The van der Waals surface area contributed by atoms with Crippen molar-refractivity contribution >= 4 is 25.7 Å². The Morgan fingerprint density at radius 2 is 1.68 bits per heavy atom. The van der Waals surface area contributed by atoms with Gasteiger partial charge in [0.2, 0.25) is 11.7 Å². The molecule has 13 heteroatoms. The number of nitrogens with two attached hydrogens (primary N) is 1. The zero-order valence-corrected chi connectivity index (χ0v) is 29.6. The van der Waals surface area contributed by atoms with Crippen molar-refractivity contribution in [2.75, 3.05) is 33.7 Å². The minimum atomic E-state index is -4.78. The molecule has 1 aromatic heterocycles. The lowest BCUT2D eigenvalue weighted by molar-refractivity contribution is -0.174. The molecule has 2 aromatic rings. The van der Waals surface area contributed by atoms with Gasteiger partial charge in [-0.1, -0.05) is 43.9 Å². The number of benzene rings is 1. The lowest BCUT2D eigenvalue weighted by Gasteiger charge is -2.39. The van der Waals surface area contributed by atoms with Crippen LogP contribution in [0.2, 0.25) is 25.7 Å². The Balaban J connectivity index is 1.61. The molecule has 1 saturated carbocycles. The van der Waals surface area contributed by atoms with E-state index in [-0.39, 0.29) is 24.5 Å². The van der Waals surface area contributed by atoms with Crippen molar-refractivity contribution in [2.45, 2.75) is 83.9 Å². The molecule has 0 spiro atoms. The quantitative estimate of drug-likeness (QED) is 0.0779. The van der Waals surface area contributed by atoms with Gasteiger partial charge in [-0.05, 0) is 70.0 Å². The van der Waals surface area contributed by atoms with Crippen molar-refractivity contribution in [3.05, 3.63) is 48.2 Å². The van der Waals surface area contributed by atoms with Crippen molar-refractivity contribution in [1.29, 1.82) is 0 Å². The van der Waals surface area contributed by atoms with Crippen LogP contribution in [0, 0.1) is 11.3 Å². The first-order valence-electron chi connectivity index (χ1n) is 15.9. The average Bonchev–Trinajstić information content (AvgIpc) is 2.98. The summed E-state index contributed by atoms with van der Waals surface area (Å²) >= 11 is 0. The lowest BCUT2D eigenvalue weighted by atomic mass is 9.71. The number of esters is 1. The van der Waals surface area contributed by atoms with Gasteiger partial charge >= 0.3 is 12.1 Å². The molecule has 47 heavy (non-hydrogen) atoms. The molecule has 0 bridgehead atoms. The highest BCUT2D eigenvalue weighted by atomic mass is 28.3. The molecule has 1 heterocycles. The second-order valence-corrected chi connectivity index (χ2v) is 19.9. The molecule has 260 valence electrons. The van der Waals surface area contributed by atoms with Crippen molar-refractivity contribution in [3.8, 4) is 17.0 Å². The van der Waals surface area contributed by atoms with Gasteiger partial charge in [-0.3, -0.25) is 4.79 Å². The largest absolute Gasteiger partial charge is 0.477 e. The third-order valence-corrected chi connectivity index (χ3v) is 9.52. The van der Waals surface area contributed by atoms with Gasteiger partial charge in [0.1, 0.15) is 12.3 Å². The van der Waals surface area contributed by atoms with Crippen molar-refractivity contribution in [3.63, 3.8) is 0 Å². The van der Waals surface area contributed by atoms with Gasteiger partial charge < -0.3 is 24.7 Å². The van der Waals surface area contributed by atoms with E-state index in [9.17, 15) is 18.0 Å². The molecule has 0 atom stereocenters. The number of amidine groups is 2. The number of nitrogens with zero attached hydrogens (tertiary/aromatic N) is 3. The van der Waals surface area contributed by atoms with Crippen LogP contribution in [0.15, 0.2) is 52.6 Å². The monoisotopic (exact) mass is 678 g/mol. The zero-order chi connectivity index (χ0) is 34.9. The molecule has 2 N–H and O–H groups in total. The molecule has 9 nitrogen and oxygen atoms in total. The first kappa shape index (κ1) is 38.2. The minimum Gasteiger partial charge on any atom is -0.477 e. The fourth-order valence-electron chi connectivity index (χ4n) is 5.04. The number of halogens is 3. The van der Waals surface area contributed by atoms with Crippen molar-refractivity contribution < 1.29 is 36.9 Å². The summed E-state index contributed by atoms with van der Waals surface area (Å²) in [4.78, 5) is 25.2. The summed E-state index contributed by atoms with van der Waals surface area (Å²) in [6, 6.07) is 11.3. The predicted molar refractivity (Wildman–Crippen MR) is 180 cm³/mol. The average molecular weight is 679 g/mol. The second-order valence-electron chi connectivity index (χ2n) is 14.3. The maximum atomic E-state index is 13.1. The normalized spacial score (nSPS) is 19.8. The van der Waals surface area contributed by atoms with E-state index < -0.39 is 31.1 Å². The molecular formula is C34H49F3N4O5Si. The third-order valence-electron chi connectivity index (χ3n) is 7.81. The number of hydrogen-bond acceptors (Lipinski definition) is 7. The van der Waals surface area contributed by atoms with E-state index in [1.54, 1.807) is 43.6 Å². The van der Waals surface area contributed by atoms with Crippen LogP contribution in [0.1, 0.15) is 52.0 Å². The number of alkyl halides is 3. The molecule has 0 aliphatic heterocycles. The fourth-order valence-corrected chi connectivity index (χ4v) is 5.79. The van der Waals surface area contributed by atoms with Gasteiger partial charge in [0, 0.05) is 45.2 Å². The number of rotatable bonds is 13. The van der Waals surface area contributed by atoms with Gasteiger partial charge in [-0.2, -0.15) is 13.2 Å². The number of aliphatic imine (C=N–C) groups is 2. The van der Waals surface area contributed by atoms with E-state index in [4.69, 9.17) is 24.7 Å². The number of methoxy groups -OCH3 is 1. The summed E-state index contributed by atoms with van der Waals surface area (Å²) in [5, 5.41) is 0. The van der Waals surface area contributed by atoms with Crippen LogP contribution in [0.5, 0.6) is 5.88 Å². The van der Waals surface area contributed by atoms with Gasteiger partial charge in [-0.15, -0.1) is 0 Å². The number of hydrogen-bond donors (Lipinski definition) is 1. The first-order valence-corrected chi connectivity index (χ1v) is 19.6. The molecule has 1 aliphatic rings. The highest BCUT2D eigenvalue weighted by molar-refractivity contribution is 6.76. The molecule has 0 saturated heterocycles. The minimum absolute atomic E-state index is 0.125. The Labute approximate surface area is 277 Å². The molecule has 0 radical (unpaired) electrons. The van der Waals surface area contributed by atoms with Crippen molar-refractivity contribution in [2.24, 2.45) is 27.1 Å². The van der Waals surface area contributed by atoms with Crippen LogP contribution < -0.4 is 10.5 Å². The molecule has 3 rings (SSSR count). The maximum absolute atomic E-state index is 13.1. The summed E-state index contributed by atoms with van der Waals surface area (Å²) in [7, 11) is 0.282. The predicted octanol–water partition coefficient (Wildman–Crippen LogP) is 7.27. The number of aromatic nitrogens is 1. The molecule has 1 aliphatic carbocycles. The highest BCUT2D eigenvalue weighted by Crippen LogP contribution is 2.41. The second kappa shape index (κ2) is 16.2. The first-order chi connectivity index (χ1) is 21.9. The van der Waals surface area contributed by atoms with Crippen LogP contribution in [0.4, 0.5) is 13.2 Å². The third kappa shape index (κ3) is 12.3. The van der Waals surface area contributed by atoms with Crippen LogP contribution in [-0.2, 0) is 19.0 Å². The summed E-state index contributed by atoms with van der Waals surface area (Å²) in [5.41, 5.74) is 5.98. The highest BCUT2D eigenvalue weighted by Gasteiger charge is 2.44. The van der Waals surface area contributed by atoms with E-state index in [0.29, 0.717) is 44.1 Å². The molecule has 1 aromatic carbocycles. The zero-order valence-electron chi connectivity index (χ0n) is 28.6. The smallest absolute Gasteiger partial charge is 0.449 e. The van der Waals surface area contributed by atoms with Crippen LogP contribution in [-0.4, -0.2) is 76.1 Å². The van der Waals surface area contributed by atoms with Gasteiger partial charge in [0.15, 0.2) is 5.84 Å². The van der Waals surface area contributed by atoms with Gasteiger partial charge in [-0.25, -0.2) is 15.0 Å². The van der Waals surface area contributed by atoms with Crippen LogP contribution in [0.3, 0.4) is 0 Å². The van der Waals surface area contributed by atoms with Crippen LogP contribution >= 0.6 is 0 Å². The Hall–Kier alpha value is -3.29. The summed E-state index contributed by atoms with van der Waals surface area (Å²) < 4.78 is 62.1. The Morgan fingerprint density at radius 3 is 2.21 bits per heavy atom. The van der Waals surface area contributed by atoms with E-state index in [2.05, 4.69) is 34.6 Å². The van der Waals surface area contributed by atoms with E-state index in [0.717, 1.165) is 30.0 Å². The number of carbonyl (C=O) groups excluding carboxylic acids is 1. The molecule has 1 fully saturated rings. The fraction of sp³-hybridized carbons (Fsp3) is 0.588. The Morgan fingerprint density at radius 1 is 1.04 bits per heavy atom. The molecule has 0 unspecified atom stereocenters. The maximum Gasteiger partial charge on any atom is 0.449 e. The number of ether oxygens (including phenoxy) is 4. The summed E-state index contributed by atoms with van der Waals surface area (Å²) in [5.74, 6) is -1.10. The number of pyridine rings is 1. The topological polar surface area (TPSA) is 118 Å². The van der Waals surface area contributed by atoms with E-state index >= 15 is 0 Å². The van der Waals surface area contributed by atoms with E-state index in [1.807, 2.05) is 26.8 Å². The SMILES string of the molecule is COCC1(C(=O)OC(C)(C)C)CCC(COc2ccc(-c3ccc(C(=NCOCC[Si](C)(C)C)N=C(N)C(F)(F)F)cc3)cn2)CC1. The van der Waals surface area contributed by atoms with Gasteiger partial charge in [0.05, 0.1) is 18.6 Å². The molecular weight excluding hydrogens is 629 g/mol. The van der Waals surface area contributed by atoms with Crippen LogP contribution in [0.25, 0.3) is 11.1 Å². The molecule has 0 amide bonds. The lowest BCUT2D eigenvalue weighted by Crippen LogP contribution is -2.44. The summed E-state index contributed by atoms with van der Waals surface area (Å²) in [6.45, 7) is 13.4.